The number of carbonyl (C=O) groups excluding carboxylic acids is 2. The quantitative estimate of drug-likeness (QED) is 0.0320. The maximum atomic E-state index is 12.6. The van der Waals surface area contributed by atoms with Gasteiger partial charge < -0.3 is 20.3 Å². The van der Waals surface area contributed by atoms with Gasteiger partial charge in [0.2, 0.25) is 5.91 Å². The summed E-state index contributed by atoms with van der Waals surface area (Å²) in [5.41, 5.74) is 0. The monoisotopic (exact) mass is 1180 g/mol. The molecule has 2 unspecified atom stereocenters. The number of unbranched alkanes of at least 4 members (excludes halogenated alkanes) is 61. The van der Waals surface area contributed by atoms with Crippen LogP contribution >= 0.6 is 0 Å². The Labute approximate surface area is 527 Å². The summed E-state index contributed by atoms with van der Waals surface area (Å²) in [6.07, 6.45) is 92.9. The van der Waals surface area contributed by atoms with Gasteiger partial charge in [-0.3, -0.25) is 9.59 Å². The van der Waals surface area contributed by atoms with E-state index < -0.39 is 12.1 Å². The van der Waals surface area contributed by atoms with Crippen molar-refractivity contribution in [1.82, 2.24) is 5.32 Å². The Kier molecular flexibility index (Phi) is 72.8. The smallest absolute Gasteiger partial charge is 0.305 e. The summed E-state index contributed by atoms with van der Waals surface area (Å²) in [6.45, 7) is 5.00. The van der Waals surface area contributed by atoms with Gasteiger partial charge in [0.15, 0.2) is 0 Å². The molecular formula is C78H153NO5. The molecule has 0 radical (unpaired) electrons. The van der Waals surface area contributed by atoms with Gasteiger partial charge in [0.05, 0.1) is 25.4 Å². The molecule has 0 aliphatic heterocycles. The number of nitrogens with one attached hydrogen (secondary N) is 1. The molecule has 84 heavy (non-hydrogen) atoms. The molecule has 0 aliphatic rings. The normalized spacial score (nSPS) is 12.5. The summed E-state index contributed by atoms with van der Waals surface area (Å²) in [6, 6.07) is -0.539. The van der Waals surface area contributed by atoms with Crippen LogP contribution in [0.15, 0.2) is 12.2 Å². The van der Waals surface area contributed by atoms with Crippen molar-refractivity contribution in [3.63, 3.8) is 0 Å². The number of aliphatic hydroxyl groups is 2. The minimum absolute atomic E-state index is 0.0128. The number of allylic oxidation sites excluding steroid dienone is 2. The number of rotatable bonds is 74. The van der Waals surface area contributed by atoms with Gasteiger partial charge in [-0.15, -0.1) is 0 Å². The lowest BCUT2D eigenvalue weighted by Gasteiger charge is -2.22. The second-order valence-electron chi connectivity index (χ2n) is 27.0. The van der Waals surface area contributed by atoms with Crippen molar-refractivity contribution >= 4 is 11.9 Å². The topological polar surface area (TPSA) is 95.9 Å². The Bertz CT molecular complexity index is 1270. The van der Waals surface area contributed by atoms with Crippen molar-refractivity contribution in [3.8, 4) is 0 Å². The predicted molar refractivity (Wildman–Crippen MR) is 370 cm³/mol. The van der Waals surface area contributed by atoms with Gasteiger partial charge in [-0.25, -0.2) is 0 Å². The van der Waals surface area contributed by atoms with Crippen LogP contribution in [-0.2, 0) is 14.3 Å². The van der Waals surface area contributed by atoms with Gasteiger partial charge in [0.25, 0.3) is 0 Å². The Morgan fingerprint density at radius 1 is 0.321 bits per heavy atom. The number of esters is 1. The molecule has 0 aromatic carbocycles. The summed E-state index contributed by atoms with van der Waals surface area (Å²) in [5.74, 6) is -0.0127. The summed E-state index contributed by atoms with van der Waals surface area (Å²) >= 11 is 0. The second kappa shape index (κ2) is 74.1. The molecule has 0 saturated heterocycles. The Morgan fingerprint density at radius 3 is 0.845 bits per heavy atom. The minimum atomic E-state index is -0.663. The molecule has 0 bridgehead atoms. The zero-order valence-electron chi connectivity index (χ0n) is 57.4. The third-order valence-electron chi connectivity index (χ3n) is 18.6. The highest BCUT2D eigenvalue weighted by molar-refractivity contribution is 5.76. The minimum Gasteiger partial charge on any atom is -0.466 e. The average Bonchev–Trinajstić information content (AvgIpc) is 3.51. The Morgan fingerprint density at radius 2 is 0.560 bits per heavy atom. The number of hydrogen-bond acceptors (Lipinski definition) is 5. The molecule has 0 spiro atoms. The van der Waals surface area contributed by atoms with Crippen LogP contribution in [0.25, 0.3) is 0 Å². The van der Waals surface area contributed by atoms with Gasteiger partial charge >= 0.3 is 5.97 Å². The fraction of sp³-hybridized carbons (Fsp3) is 0.949. The van der Waals surface area contributed by atoms with Gasteiger partial charge in [-0.1, -0.05) is 398 Å². The van der Waals surface area contributed by atoms with Gasteiger partial charge in [0.1, 0.15) is 0 Å². The van der Waals surface area contributed by atoms with E-state index in [1.54, 1.807) is 0 Å². The molecule has 0 saturated carbocycles. The first-order valence-electron chi connectivity index (χ1n) is 38.9. The van der Waals surface area contributed by atoms with Crippen molar-refractivity contribution in [2.75, 3.05) is 13.2 Å². The molecule has 0 heterocycles. The zero-order valence-corrected chi connectivity index (χ0v) is 57.4. The predicted octanol–water partition coefficient (Wildman–Crippen LogP) is 25.5. The lowest BCUT2D eigenvalue weighted by atomic mass is 10.0. The van der Waals surface area contributed by atoms with Crippen LogP contribution in [0.5, 0.6) is 0 Å². The molecule has 2 atom stereocenters. The van der Waals surface area contributed by atoms with E-state index in [0.29, 0.717) is 25.9 Å². The van der Waals surface area contributed by atoms with Crippen molar-refractivity contribution in [1.29, 1.82) is 0 Å². The maximum absolute atomic E-state index is 12.6. The lowest BCUT2D eigenvalue weighted by molar-refractivity contribution is -0.143. The highest BCUT2D eigenvalue weighted by Crippen LogP contribution is 2.20. The van der Waals surface area contributed by atoms with E-state index in [1.807, 2.05) is 0 Å². The van der Waals surface area contributed by atoms with E-state index in [-0.39, 0.29) is 18.5 Å². The van der Waals surface area contributed by atoms with Gasteiger partial charge in [0, 0.05) is 12.8 Å². The number of carbonyl (C=O) groups is 2. The number of amides is 1. The van der Waals surface area contributed by atoms with Crippen molar-refractivity contribution in [2.45, 2.75) is 463 Å². The number of hydrogen-bond donors (Lipinski definition) is 3. The van der Waals surface area contributed by atoms with Crippen LogP contribution in [-0.4, -0.2) is 47.4 Å². The van der Waals surface area contributed by atoms with Crippen LogP contribution in [0.2, 0.25) is 0 Å². The van der Waals surface area contributed by atoms with E-state index in [0.717, 1.165) is 44.9 Å². The zero-order chi connectivity index (χ0) is 60.6. The molecular weight excluding hydrogens is 1030 g/mol. The molecule has 500 valence electrons. The van der Waals surface area contributed by atoms with E-state index in [4.69, 9.17) is 4.74 Å². The van der Waals surface area contributed by atoms with Crippen LogP contribution in [0.3, 0.4) is 0 Å². The van der Waals surface area contributed by atoms with Crippen molar-refractivity contribution in [3.05, 3.63) is 12.2 Å². The van der Waals surface area contributed by atoms with Gasteiger partial charge in [-0.05, 0) is 51.4 Å². The van der Waals surface area contributed by atoms with Crippen LogP contribution in [0.1, 0.15) is 450 Å². The summed E-state index contributed by atoms with van der Waals surface area (Å²) in [5, 5.41) is 23.5. The first kappa shape index (κ1) is 82.6. The molecule has 0 aromatic heterocycles. The third kappa shape index (κ3) is 69.7. The van der Waals surface area contributed by atoms with E-state index >= 15 is 0 Å². The van der Waals surface area contributed by atoms with Crippen LogP contribution in [0, 0.1) is 0 Å². The molecule has 3 N–H and O–H groups in total. The van der Waals surface area contributed by atoms with Crippen molar-refractivity contribution in [2.24, 2.45) is 0 Å². The van der Waals surface area contributed by atoms with Crippen molar-refractivity contribution < 1.29 is 24.5 Å². The molecule has 0 aromatic rings. The fourth-order valence-corrected chi connectivity index (χ4v) is 12.6. The highest BCUT2D eigenvalue weighted by Gasteiger charge is 2.20. The molecule has 1 amide bonds. The van der Waals surface area contributed by atoms with Crippen LogP contribution in [0.4, 0.5) is 0 Å². The SMILES string of the molecule is CCCCCCCC/C=C\CCCCCCCC(=O)OCCCCCCCCCCCCCCCCCCCCCCCCCCCCCCCC(=O)NC(CO)C(O)CCCCCCCCCCCCCCCCCCCCCCCCC. The highest BCUT2D eigenvalue weighted by atomic mass is 16.5. The first-order chi connectivity index (χ1) is 41.5. The van der Waals surface area contributed by atoms with E-state index in [9.17, 15) is 19.8 Å². The standard InChI is InChI=1S/C78H153NO5/c1-3-5-7-9-11-13-15-17-19-20-21-22-30-33-36-39-43-46-50-54-58-62-66-70-76(81)75(74-80)79-77(82)71-67-63-59-55-51-47-44-40-37-34-31-28-26-24-23-25-27-29-32-35-38-41-45-49-53-57-61-65-69-73-84-78(83)72-68-64-60-56-52-48-42-18-16-14-12-10-8-6-4-2/h18,42,75-76,80-81H,3-17,19-41,43-74H2,1-2H3,(H,79,82)/b42-18-. The second-order valence-corrected chi connectivity index (χ2v) is 27.0. The number of aliphatic hydroxyl groups excluding tert-OH is 2. The molecule has 0 fully saturated rings. The number of ether oxygens (including phenoxy) is 1. The fourth-order valence-electron chi connectivity index (χ4n) is 12.6. The molecule has 6 heteroatoms. The first-order valence-corrected chi connectivity index (χ1v) is 38.9. The van der Waals surface area contributed by atoms with E-state index in [2.05, 4.69) is 31.3 Å². The largest absolute Gasteiger partial charge is 0.466 e. The van der Waals surface area contributed by atoms with Gasteiger partial charge in [-0.2, -0.15) is 0 Å². The summed E-state index contributed by atoms with van der Waals surface area (Å²) < 4.78 is 5.50. The summed E-state index contributed by atoms with van der Waals surface area (Å²) in [4.78, 5) is 24.7. The van der Waals surface area contributed by atoms with E-state index in [1.165, 1.54) is 372 Å². The Hall–Kier alpha value is -1.40. The molecule has 0 rings (SSSR count). The third-order valence-corrected chi connectivity index (χ3v) is 18.6. The molecule has 0 aliphatic carbocycles. The molecule has 6 nitrogen and oxygen atoms in total. The average molecular weight is 1190 g/mol. The Balaban J connectivity index is 3.34. The van der Waals surface area contributed by atoms with Crippen LogP contribution < -0.4 is 5.32 Å². The summed E-state index contributed by atoms with van der Waals surface area (Å²) in [7, 11) is 0. The maximum Gasteiger partial charge on any atom is 0.305 e. The lowest BCUT2D eigenvalue weighted by Crippen LogP contribution is -2.45.